The molecule has 1 saturated heterocycles. The van der Waals surface area contributed by atoms with Crippen molar-refractivity contribution >= 4 is 33.6 Å². The molecule has 2 aromatic rings. The lowest BCUT2D eigenvalue weighted by molar-refractivity contribution is 0.0289. The Balaban J connectivity index is 1.61. The van der Waals surface area contributed by atoms with Crippen LogP contribution in [0, 0.1) is 11.7 Å². The number of likely N-dealkylation sites (tertiary alicyclic amines) is 1. The van der Waals surface area contributed by atoms with Gasteiger partial charge in [0.2, 0.25) is 10.0 Å². The predicted molar refractivity (Wildman–Crippen MR) is 124 cm³/mol. The van der Waals surface area contributed by atoms with E-state index in [9.17, 15) is 22.4 Å². The number of nitrogens with one attached hydrogen (secondary N) is 2. The molecular formula is C21H27ClFN5O5S. The van der Waals surface area contributed by atoms with Gasteiger partial charge in [0, 0.05) is 31.9 Å². The summed E-state index contributed by atoms with van der Waals surface area (Å²) in [6, 6.07) is 2.57. The number of nitrogens with zero attached hydrogens (tertiary/aromatic N) is 3. The second-order valence-electron chi connectivity index (χ2n) is 9.16. The number of aryl methyl sites for hydroxylation is 1. The molecule has 186 valence electrons. The summed E-state index contributed by atoms with van der Waals surface area (Å²) in [5.74, 6) is -2.67. The van der Waals surface area contributed by atoms with Gasteiger partial charge in [-0.15, -0.1) is 4.83 Å². The Hall–Kier alpha value is -2.70. The van der Waals surface area contributed by atoms with Crippen LogP contribution in [0.25, 0.3) is 11.3 Å². The van der Waals surface area contributed by atoms with Crippen LogP contribution in [0.5, 0.6) is 0 Å². The van der Waals surface area contributed by atoms with Gasteiger partial charge >= 0.3 is 6.09 Å². The van der Waals surface area contributed by atoms with Crippen molar-refractivity contribution in [2.24, 2.45) is 13.0 Å². The van der Waals surface area contributed by atoms with Crippen LogP contribution in [0.4, 0.5) is 9.18 Å². The molecule has 1 fully saturated rings. The Labute approximate surface area is 202 Å². The van der Waals surface area contributed by atoms with Gasteiger partial charge in [-0.25, -0.2) is 22.6 Å². The molecule has 2 heterocycles. The van der Waals surface area contributed by atoms with Crippen LogP contribution in [0.15, 0.2) is 24.7 Å². The number of carbonyl (C=O) groups excluding carboxylic acids is 2. The smallest absolute Gasteiger partial charge is 0.410 e. The largest absolute Gasteiger partial charge is 0.444 e. The van der Waals surface area contributed by atoms with Gasteiger partial charge in [-0.2, -0.15) is 0 Å². The molecule has 0 bridgehead atoms. The summed E-state index contributed by atoms with van der Waals surface area (Å²) in [6.45, 7) is 5.82. The molecule has 1 aromatic heterocycles. The van der Waals surface area contributed by atoms with Crippen LogP contribution < -0.4 is 10.3 Å². The predicted octanol–water partition coefficient (Wildman–Crippen LogP) is 2.70. The molecule has 0 saturated carbocycles. The second-order valence-corrected chi connectivity index (χ2v) is 11.3. The molecule has 0 radical (unpaired) electrons. The number of imidazole rings is 1. The molecule has 2 N–H and O–H groups in total. The lowest BCUT2D eigenvalue weighted by Crippen LogP contribution is -2.44. The average Bonchev–Trinajstić information content (AvgIpc) is 3.35. The zero-order valence-electron chi connectivity index (χ0n) is 19.3. The number of carbonyl (C=O) groups is 2. The van der Waals surface area contributed by atoms with Crippen LogP contribution in [-0.2, 0) is 21.8 Å². The lowest BCUT2D eigenvalue weighted by atomic mass is 10.1. The van der Waals surface area contributed by atoms with Gasteiger partial charge in [-0.1, -0.05) is 11.6 Å². The van der Waals surface area contributed by atoms with E-state index in [2.05, 4.69) is 4.98 Å². The first-order chi connectivity index (χ1) is 15.7. The summed E-state index contributed by atoms with van der Waals surface area (Å²) in [4.78, 5) is 32.3. The highest BCUT2D eigenvalue weighted by Gasteiger charge is 2.32. The lowest BCUT2D eigenvalue weighted by Gasteiger charge is -2.24. The molecule has 1 aromatic carbocycles. The third kappa shape index (κ3) is 6.67. The molecular weight excluding hydrogens is 489 g/mol. The summed E-state index contributed by atoms with van der Waals surface area (Å²) in [5, 5.41) is -0.302. The summed E-state index contributed by atoms with van der Waals surface area (Å²) in [6.07, 6.45) is 3.15. The zero-order valence-corrected chi connectivity index (χ0v) is 20.8. The van der Waals surface area contributed by atoms with Crippen molar-refractivity contribution in [1.82, 2.24) is 24.7 Å². The normalized spacial score (nSPS) is 16.5. The number of hydrogen-bond donors (Lipinski definition) is 2. The Kier molecular flexibility index (Phi) is 7.53. The number of sulfonamides is 1. The third-order valence-corrected chi connectivity index (χ3v) is 6.58. The maximum absolute atomic E-state index is 14.5. The van der Waals surface area contributed by atoms with E-state index in [1.807, 2.05) is 10.3 Å². The van der Waals surface area contributed by atoms with E-state index in [4.69, 9.17) is 16.3 Å². The highest BCUT2D eigenvalue weighted by Crippen LogP contribution is 2.27. The number of rotatable bonds is 6. The number of hydrazine groups is 1. The Morgan fingerprint density at radius 3 is 2.65 bits per heavy atom. The average molecular weight is 516 g/mol. The van der Waals surface area contributed by atoms with Crippen molar-refractivity contribution in [3.05, 3.63) is 41.1 Å². The molecule has 2 amide bonds. The Morgan fingerprint density at radius 1 is 1.32 bits per heavy atom. The van der Waals surface area contributed by atoms with Gasteiger partial charge in [-0.3, -0.25) is 10.2 Å². The first kappa shape index (κ1) is 25.9. The number of amides is 2. The first-order valence-corrected chi connectivity index (χ1v) is 12.5. The fourth-order valence-electron chi connectivity index (χ4n) is 3.47. The van der Waals surface area contributed by atoms with Gasteiger partial charge in [-0.05, 0) is 45.2 Å². The molecule has 1 atom stereocenters. The monoisotopic (exact) mass is 515 g/mol. The number of benzene rings is 1. The van der Waals surface area contributed by atoms with Gasteiger partial charge in [0.15, 0.2) is 5.82 Å². The third-order valence-electron chi connectivity index (χ3n) is 4.99. The van der Waals surface area contributed by atoms with Crippen molar-refractivity contribution in [3.8, 4) is 11.3 Å². The van der Waals surface area contributed by atoms with Crippen LogP contribution >= 0.6 is 11.6 Å². The molecule has 0 unspecified atom stereocenters. The van der Waals surface area contributed by atoms with Crippen molar-refractivity contribution in [2.45, 2.75) is 32.8 Å². The summed E-state index contributed by atoms with van der Waals surface area (Å²) in [7, 11) is -2.21. The van der Waals surface area contributed by atoms with E-state index >= 15 is 0 Å². The minimum atomic E-state index is -3.97. The van der Waals surface area contributed by atoms with E-state index in [0.717, 1.165) is 0 Å². The van der Waals surface area contributed by atoms with Crippen molar-refractivity contribution in [1.29, 1.82) is 0 Å². The van der Waals surface area contributed by atoms with Gasteiger partial charge in [0.25, 0.3) is 5.91 Å². The molecule has 0 aliphatic carbocycles. The van der Waals surface area contributed by atoms with Gasteiger partial charge in [0.05, 0.1) is 28.4 Å². The standard InChI is InChI=1S/C21H27ClFN5O5S/c1-21(2,3)33-20(30)28-6-5-13(9-28)11-34(31,32)26-25-19(29)15-7-14(8-16(22)18(15)23)17-10-27(4)12-24-17/h7-8,10,12-13,26H,5-6,9,11H2,1-4H3,(H,25,29)/t13-/m1/s1. The minimum Gasteiger partial charge on any atom is -0.444 e. The fraction of sp³-hybridized carbons (Fsp3) is 0.476. The van der Waals surface area contributed by atoms with Crippen molar-refractivity contribution in [2.75, 3.05) is 18.8 Å². The van der Waals surface area contributed by atoms with Crippen molar-refractivity contribution < 1.29 is 27.1 Å². The highest BCUT2D eigenvalue weighted by molar-refractivity contribution is 7.89. The number of ether oxygens (including phenoxy) is 1. The highest BCUT2D eigenvalue weighted by atomic mass is 35.5. The fourth-order valence-corrected chi connectivity index (χ4v) is 4.91. The number of aromatic nitrogens is 2. The van der Waals surface area contributed by atoms with Gasteiger partial charge < -0.3 is 14.2 Å². The van der Waals surface area contributed by atoms with Crippen LogP contribution in [0.1, 0.15) is 37.6 Å². The number of halogens is 2. The zero-order chi connectivity index (χ0) is 25.3. The molecule has 3 rings (SSSR count). The molecule has 1 aliphatic rings. The molecule has 0 spiro atoms. The quantitative estimate of drug-likeness (QED) is 0.570. The maximum Gasteiger partial charge on any atom is 0.410 e. The first-order valence-electron chi connectivity index (χ1n) is 10.5. The SMILES string of the molecule is Cn1cnc(-c2cc(Cl)c(F)c(C(=O)NNS(=O)(=O)C[C@@H]3CCN(C(=O)OC(C)(C)C)C3)c2)c1. The van der Waals surface area contributed by atoms with Gasteiger partial charge in [0.1, 0.15) is 5.60 Å². The summed E-state index contributed by atoms with van der Waals surface area (Å²) < 4.78 is 46.4. The molecule has 10 nitrogen and oxygen atoms in total. The second kappa shape index (κ2) is 9.88. The van der Waals surface area contributed by atoms with E-state index in [-0.39, 0.29) is 23.2 Å². The van der Waals surface area contributed by atoms with Crippen LogP contribution in [0.2, 0.25) is 5.02 Å². The summed E-state index contributed by atoms with van der Waals surface area (Å²) in [5.41, 5.74) is 1.80. The van der Waals surface area contributed by atoms with Crippen molar-refractivity contribution in [3.63, 3.8) is 0 Å². The minimum absolute atomic E-state index is 0.208. The van der Waals surface area contributed by atoms with E-state index in [1.165, 1.54) is 23.4 Å². The molecule has 13 heteroatoms. The van der Waals surface area contributed by atoms with Crippen LogP contribution in [-0.4, -0.2) is 59.3 Å². The maximum atomic E-state index is 14.5. The Morgan fingerprint density at radius 2 is 2.03 bits per heavy atom. The van der Waals surface area contributed by atoms with E-state index in [1.54, 1.807) is 38.6 Å². The Bertz CT molecular complexity index is 1190. The van der Waals surface area contributed by atoms with Crippen LogP contribution in [0.3, 0.4) is 0 Å². The number of hydrogen-bond acceptors (Lipinski definition) is 6. The topological polar surface area (TPSA) is 123 Å². The summed E-state index contributed by atoms with van der Waals surface area (Å²) >= 11 is 5.93. The molecule has 1 aliphatic heterocycles. The molecule has 34 heavy (non-hydrogen) atoms. The van der Waals surface area contributed by atoms with E-state index < -0.39 is 39.0 Å². The van der Waals surface area contributed by atoms with E-state index in [0.29, 0.717) is 24.2 Å².